The first-order valence-corrected chi connectivity index (χ1v) is 15.4. The van der Waals surface area contributed by atoms with Crippen LogP contribution in [0.1, 0.15) is 16.7 Å². The van der Waals surface area contributed by atoms with Gasteiger partial charge in [-0.1, -0.05) is 133 Å². The summed E-state index contributed by atoms with van der Waals surface area (Å²) in [4.78, 5) is 15.0. The molecule has 4 heteroatoms. The Morgan fingerprint density at radius 3 is 2.13 bits per heavy atom. The molecule has 0 amide bonds. The van der Waals surface area contributed by atoms with Gasteiger partial charge >= 0.3 is 0 Å². The number of furan rings is 1. The van der Waals surface area contributed by atoms with E-state index in [9.17, 15) is 0 Å². The van der Waals surface area contributed by atoms with Crippen molar-refractivity contribution < 1.29 is 4.42 Å². The maximum atomic E-state index is 6.40. The Hall–Kier alpha value is -6.13. The molecular formula is C42H29N3O. The number of aryl methyl sites for hydroxylation is 1. The standard InChI is InChI=1S/C42H29N3O/c1-28-12-5-7-14-30(28)15-8-6-13-29-22-25-35-38(26-29)46-37-21-11-20-36(39(35)37)42-44-40(32-17-3-2-4-18-32)43-41(45-42)34-24-23-31-16-9-10-19-33(31)27-34/h2-27H,1H3/b13-6+,15-8-. The maximum Gasteiger partial charge on any atom is 0.164 e. The largest absolute Gasteiger partial charge is 0.456 e. The monoisotopic (exact) mass is 591 g/mol. The summed E-state index contributed by atoms with van der Waals surface area (Å²) < 4.78 is 6.40. The predicted octanol–water partition coefficient (Wildman–Crippen LogP) is 11.0. The fourth-order valence-electron chi connectivity index (χ4n) is 5.90. The Kier molecular flexibility index (Phi) is 7.01. The molecule has 0 saturated carbocycles. The van der Waals surface area contributed by atoms with E-state index in [2.05, 4.69) is 122 Å². The molecule has 8 aromatic rings. The zero-order valence-corrected chi connectivity index (χ0v) is 25.3. The van der Waals surface area contributed by atoms with E-state index in [4.69, 9.17) is 19.4 Å². The van der Waals surface area contributed by atoms with E-state index in [1.807, 2.05) is 42.5 Å². The molecule has 2 heterocycles. The van der Waals surface area contributed by atoms with Crippen molar-refractivity contribution in [1.82, 2.24) is 15.0 Å². The molecule has 0 spiro atoms. The lowest BCUT2D eigenvalue weighted by Gasteiger charge is -2.10. The van der Waals surface area contributed by atoms with Crippen molar-refractivity contribution in [2.45, 2.75) is 6.92 Å². The molecule has 8 rings (SSSR count). The molecule has 0 aliphatic carbocycles. The van der Waals surface area contributed by atoms with E-state index in [1.165, 1.54) is 16.5 Å². The number of nitrogens with zero attached hydrogens (tertiary/aromatic N) is 3. The third-order valence-corrected chi connectivity index (χ3v) is 8.30. The van der Waals surface area contributed by atoms with Crippen molar-refractivity contribution in [3.63, 3.8) is 0 Å². The summed E-state index contributed by atoms with van der Waals surface area (Å²) in [6, 6.07) is 45.5. The van der Waals surface area contributed by atoms with Gasteiger partial charge in [-0.3, -0.25) is 0 Å². The molecule has 46 heavy (non-hydrogen) atoms. The van der Waals surface area contributed by atoms with Gasteiger partial charge in [0, 0.05) is 27.5 Å². The fourth-order valence-corrected chi connectivity index (χ4v) is 5.90. The Bertz CT molecular complexity index is 2440. The highest BCUT2D eigenvalue weighted by atomic mass is 16.3. The zero-order chi connectivity index (χ0) is 30.9. The number of allylic oxidation sites excluding steroid dienone is 2. The third-order valence-electron chi connectivity index (χ3n) is 8.30. The molecule has 4 nitrogen and oxygen atoms in total. The molecular weight excluding hydrogens is 562 g/mol. The first kappa shape index (κ1) is 27.4. The van der Waals surface area contributed by atoms with Gasteiger partial charge < -0.3 is 4.42 Å². The highest BCUT2D eigenvalue weighted by molar-refractivity contribution is 6.12. The summed E-state index contributed by atoms with van der Waals surface area (Å²) in [6.45, 7) is 2.12. The van der Waals surface area contributed by atoms with Gasteiger partial charge in [0.15, 0.2) is 17.5 Å². The second-order valence-corrected chi connectivity index (χ2v) is 11.3. The van der Waals surface area contributed by atoms with Gasteiger partial charge in [0.05, 0.1) is 0 Å². The van der Waals surface area contributed by atoms with Crippen LogP contribution in [0.25, 0.3) is 79.0 Å². The van der Waals surface area contributed by atoms with Crippen molar-refractivity contribution in [1.29, 1.82) is 0 Å². The Balaban J connectivity index is 1.22. The summed E-state index contributed by atoms with van der Waals surface area (Å²) in [7, 11) is 0. The molecule has 0 aliphatic heterocycles. The number of hydrogen-bond acceptors (Lipinski definition) is 4. The number of hydrogen-bond donors (Lipinski definition) is 0. The summed E-state index contributed by atoms with van der Waals surface area (Å²) in [5.41, 5.74) is 7.92. The maximum absolute atomic E-state index is 6.40. The van der Waals surface area contributed by atoms with E-state index in [1.54, 1.807) is 0 Å². The van der Waals surface area contributed by atoms with Gasteiger partial charge in [0.2, 0.25) is 0 Å². The van der Waals surface area contributed by atoms with E-state index in [-0.39, 0.29) is 0 Å². The van der Waals surface area contributed by atoms with Crippen molar-refractivity contribution in [3.8, 4) is 34.2 Å². The molecule has 0 aliphatic rings. The highest BCUT2D eigenvalue weighted by Gasteiger charge is 2.18. The summed E-state index contributed by atoms with van der Waals surface area (Å²) >= 11 is 0. The van der Waals surface area contributed by atoms with Gasteiger partial charge in [-0.25, -0.2) is 15.0 Å². The summed E-state index contributed by atoms with van der Waals surface area (Å²) in [6.07, 6.45) is 8.35. The average molecular weight is 592 g/mol. The lowest BCUT2D eigenvalue weighted by molar-refractivity contribution is 0.669. The average Bonchev–Trinajstić information content (AvgIpc) is 3.49. The fraction of sp³-hybridized carbons (Fsp3) is 0.0238. The SMILES string of the molecule is Cc1ccccc1/C=C\C=C\c1ccc2c(c1)oc1cccc(-c3nc(-c4ccccc4)nc(-c4ccc5ccccc5c4)n3)c12. The van der Waals surface area contributed by atoms with Crippen LogP contribution in [0.5, 0.6) is 0 Å². The lowest BCUT2D eigenvalue weighted by atomic mass is 10.0. The molecule has 0 N–H and O–H groups in total. The molecule has 2 aromatic heterocycles. The van der Waals surface area contributed by atoms with Crippen LogP contribution in [0.3, 0.4) is 0 Å². The van der Waals surface area contributed by atoms with E-state index in [0.29, 0.717) is 17.5 Å². The molecule has 0 saturated heterocycles. The number of benzene rings is 6. The minimum Gasteiger partial charge on any atom is -0.456 e. The topological polar surface area (TPSA) is 51.8 Å². The summed E-state index contributed by atoms with van der Waals surface area (Å²) in [5.74, 6) is 1.87. The minimum absolute atomic E-state index is 0.607. The molecule has 6 aromatic carbocycles. The van der Waals surface area contributed by atoms with Gasteiger partial charge in [-0.2, -0.15) is 0 Å². The Labute approximate surface area is 267 Å². The summed E-state index contributed by atoms with van der Waals surface area (Å²) in [5, 5.41) is 4.32. The van der Waals surface area contributed by atoms with Crippen LogP contribution in [0.2, 0.25) is 0 Å². The molecule has 218 valence electrons. The highest BCUT2D eigenvalue weighted by Crippen LogP contribution is 2.37. The van der Waals surface area contributed by atoms with Gasteiger partial charge in [-0.05, 0) is 58.7 Å². The smallest absolute Gasteiger partial charge is 0.164 e. The quantitative estimate of drug-likeness (QED) is 0.181. The van der Waals surface area contributed by atoms with Crippen LogP contribution in [-0.2, 0) is 0 Å². The molecule has 0 fully saturated rings. The van der Waals surface area contributed by atoms with Gasteiger partial charge in [0.25, 0.3) is 0 Å². The number of aromatic nitrogens is 3. The van der Waals surface area contributed by atoms with Gasteiger partial charge in [0.1, 0.15) is 11.2 Å². The molecule has 0 bridgehead atoms. The molecule has 0 radical (unpaired) electrons. The number of rotatable bonds is 6. The third kappa shape index (κ3) is 5.27. The van der Waals surface area contributed by atoms with Crippen LogP contribution < -0.4 is 0 Å². The van der Waals surface area contributed by atoms with Crippen LogP contribution in [0, 0.1) is 6.92 Å². The van der Waals surface area contributed by atoms with Crippen LogP contribution in [-0.4, -0.2) is 15.0 Å². The Morgan fingerprint density at radius 1 is 0.522 bits per heavy atom. The minimum atomic E-state index is 0.607. The first-order valence-electron chi connectivity index (χ1n) is 15.4. The van der Waals surface area contributed by atoms with E-state index < -0.39 is 0 Å². The first-order chi connectivity index (χ1) is 22.7. The zero-order valence-electron chi connectivity index (χ0n) is 25.3. The molecule has 0 unspecified atom stereocenters. The van der Waals surface area contributed by atoms with Crippen molar-refractivity contribution in [2.75, 3.05) is 0 Å². The van der Waals surface area contributed by atoms with Crippen LogP contribution in [0.4, 0.5) is 0 Å². The predicted molar refractivity (Wildman–Crippen MR) is 190 cm³/mol. The van der Waals surface area contributed by atoms with Crippen LogP contribution in [0.15, 0.2) is 150 Å². The van der Waals surface area contributed by atoms with Crippen molar-refractivity contribution >= 4 is 44.9 Å². The normalized spacial score (nSPS) is 11.8. The van der Waals surface area contributed by atoms with Gasteiger partial charge in [-0.15, -0.1) is 0 Å². The van der Waals surface area contributed by atoms with E-state index in [0.717, 1.165) is 49.6 Å². The van der Waals surface area contributed by atoms with Crippen molar-refractivity contribution in [2.24, 2.45) is 0 Å². The van der Waals surface area contributed by atoms with E-state index >= 15 is 0 Å². The van der Waals surface area contributed by atoms with Crippen LogP contribution >= 0.6 is 0 Å². The second-order valence-electron chi connectivity index (χ2n) is 11.3. The Morgan fingerprint density at radius 2 is 1.26 bits per heavy atom. The van der Waals surface area contributed by atoms with Crippen molar-refractivity contribution in [3.05, 3.63) is 162 Å². The lowest BCUT2D eigenvalue weighted by Crippen LogP contribution is -2.00. The number of fused-ring (bicyclic) bond motifs is 4. The molecule has 0 atom stereocenters. The second kappa shape index (κ2) is 11.8.